The SMILES string of the molecule is O=C(NCCn1cnc(C2CCCC2)cc1=O)c1ccc(F)cc1Cl. The predicted octanol–water partition coefficient (Wildman–Crippen LogP) is 3.12. The topological polar surface area (TPSA) is 64.0 Å². The molecular weight excluding hydrogens is 345 g/mol. The van der Waals surface area contributed by atoms with Crippen molar-refractivity contribution in [2.45, 2.75) is 38.1 Å². The second-order valence-corrected chi connectivity index (χ2v) is 6.61. The van der Waals surface area contributed by atoms with Crippen molar-refractivity contribution in [2.24, 2.45) is 0 Å². The van der Waals surface area contributed by atoms with E-state index in [1.807, 2.05) is 0 Å². The van der Waals surface area contributed by atoms with Gasteiger partial charge in [-0.05, 0) is 31.0 Å². The van der Waals surface area contributed by atoms with Gasteiger partial charge in [0.25, 0.3) is 11.5 Å². The summed E-state index contributed by atoms with van der Waals surface area (Å²) in [6.45, 7) is 0.554. The average molecular weight is 364 g/mol. The quantitative estimate of drug-likeness (QED) is 0.887. The van der Waals surface area contributed by atoms with Gasteiger partial charge in [-0.15, -0.1) is 0 Å². The number of nitrogens with zero attached hydrogens (tertiary/aromatic N) is 2. The molecule has 0 bridgehead atoms. The van der Waals surface area contributed by atoms with Crippen molar-refractivity contribution in [3.05, 3.63) is 63.0 Å². The number of aromatic nitrogens is 2. The Balaban J connectivity index is 1.58. The Labute approximate surface area is 149 Å². The Hall–Kier alpha value is -2.21. The first-order valence-electron chi connectivity index (χ1n) is 8.34. The smallest absolute Gasteiger partial charge is 0.253 e. The number of hydrogen-bond acceptors (Lipinski definition) is 3. The van der Waals surface area contributed by atoms with Crippen molar-refractivity contribution in [2.75, 3.05) is 6.54 Å². The van der Waals surface area contributed by atoms with Crippen LogP contribution < -0.4 is 10.9 Å². The molecule has 0 saturated heterocycles. The lowest BCUT2D eigenvalue weighted by Gasteiger charge is -2.11. The highest BCUT2D eigenvalue weighted by Crippen LogP contribution is 2.32. The first-order valence-corrected chi connectivity index (χ1v) is 8.72. The summed E-state index contributed by atoms with van der Waals surface area (Å²) < 4.78 is 14.5. The number of amides is 1. The summed E-state index contributed by atoms with van der Waals surface area (Å²) in [5.74, 6) is -0.516. The molecule has 7 heteroatoms. The van der Waals surface area contributed by atoms with Gasteiger partial charge in [-0.25, -0.2) is 9.37 Å². The summed E-state index contributed by atoms with van der Waals surface area (Å²) in [7, 11) is 0. The number of carbonyl (C=O) groups is 1. The Kier molecular flexibility index (Phi) is 5.48. The summed E-state index contributed by atoms with van der Waals surface area (Å²) in [5.41, 5.74) is 0.942. The highest BCUT2D eigenvalue weighted by molar-refractivity contribution is 6.33. The number of nitrogens with one attached hydrogen (secondary N) is 1. The average Bonchev–Trinajstić information content (AvgIpc) is 3.10. The van der Waals surface area contributed by atoms with E-state index in [0.717, 1.165) is 24.6 Å². The normalized spacial score (nSPS) is 14.6. The van der Waals surface area contributed by atoms with E-state index in [4.69, 9.17) is 11.6 Å². The lowest BCUT2D eigenvalue weighted by atomic mass is 10.0. The fourth-order valence-electron chi connectivity index (χ4n) is 3.11. The minimum Gasteiger partial charge on any atom is -0.350 e. The number of carbonyl (C=O) groups excluding carboxylic acids is 1. The third-order valence-corrected chi connectivity index (χ3v) is 4.80. The van der Waals surface area contributed by atoms with Gasteiger partial charge in [-0.2, -0.15) is 0 Å². The molecule has 1 saturated carbocycles. The van der Waals surface area contributed by atoms with Crippen LogP contribution >= 0.6 is 11.6 Å². The molecule has 0 atom stereocenters. The van der Waals surface area contributed by atoms with Gasteiger partial charge in [0.05, 0.1) is 22.6 Å². The largest absolute Gasteiger partial charge is 0.350 e. The van der Waals surface area contributed by atoms with Gasteiger partial charge < -0.3 is 5.32 Å². The molecule has 2 aromatic rings. The molecule has 0 radical (unpaired) electrons. The zero-order valence-corrected chi connectivity index (χ0v) is 14.4. The summed E-state index contributed by atoms with van der Waals surface area (Å²) in [4.78, 5) is 28.6. The van der Waals surface area contributed by atoms with Crippen LogP contribution in [0.15, 0.2) is 35.4 Å². The van der Waals surface area contributed by atoms with E-state index in [1.54, 1.807) is 6.07 Å². The maximum atomic E-state index is 13.0. The Bertz CT molecular complexity index is 831. The first kappa shape index (κ1) is 17.6. The molecule has 1 aliphatic rings. The predicted molar refractivity (Wildman–Crippen MR) is 93.4 cm³/mol. The molecule has 3 rings (SSSR count). The Morgan fingerprint density at radius 3 is 2.76 bits per heavy atom. The van der Waals surface area contributed by atoms with E-state index in [0.29, 0.717) is 12.5 Å². The van der Waals surface area contributed by atoms with E-state index >= 15 is 0 Å². The summed E-state index contributed by atoms with van der Waals surface area (Å²) in [5, 5.41) is 2.72. The monoisotopic (exact) mass is 363 g/mol. The Morgan fingerprint density at radius 2 is 2.08 bits per heavy atom. The molecular formula is C18H19ClFN3O2. The van der Waals surface area contributed by atoms with Gasteiger partial charge >= 0.3 is 0 Å². The van der Waals surface area contributed by atoms with E-state index in [2.05, 4.69) is 10.3 Å². The fourth-order valence-corrected chi connectivity index (χ4v) is 3.36. The van der Waals surface area contributed by atoms with Crippen LogP contribution in [0.3, 0.4) is 0 Å². The van der Waals surface area contributed by atoms with E-state index in [9.17, 15) is 14.0 Å². The van der Waals surface area contributed by atoms with Gasteiger partial charge in [-0.1, -0.05) is 24.4 Å². The number of benzene rings is 1. The molecule has 1 aromatic heterocycles. The highest BCUT2D eigenvalue weighted by Gasteiger charge is 2.19. The zero-order chi connectivity index (χ0) is 17.8. The van der Waals surface area contributed by atoms with Crippen molar-refractivity contribution in [1.29, 1.82) is 0 Å². The molecule has 1 heterocycles. The lowest BCUT2D eigenvalue weighted by Crippen LogP contribution is -2.31. The van der Waals surface area contributed by atoms with Crippen LogP contribution in [0.2, 0.25) is 5.02 Å². The molecule has 1 fully saturated rings. The van der Waals surface area contributed by atoms with Crippen molar-refractivity contribution in [3.63, 3.8) is 0 Å². The first-order chi connectivity index (χ1) is 12.0. The van der Waals surface area contributed by atoms with Crippen LogP contribution in [0.4, 0.5) is 4.39 Å². The molecule has 1 N–H and O–H groups in total. The van der Waals surface area contributed by atoms with Crippen LogP contribution in [-0.4, -0.2) is 22.0 Å². The van der Waals surface area contributed by atoms with Crippen LogP contribution in [0, 0.1) is 5.82 Å². The van der Waals surface area contributed by atoms with Gasteiger partial charge in [-0.3, -0.25) is 14.2 Å². The summed E-state index contributed by atoms with van der Waals surface area (Å²) in [6.07, 6.45) is 6.09. The molecule has 0 unspecified atom stereocenters. The minimum absolute atomic E-state index is 0.0530. The third kappa shape index (κ3) is 4.25. The molecule has 0 spiro atoms. The maximum absolute atomic E-state index is 13.0. The van der Waals surface area contributed by atoms with E-state index in [-0.39, 0.29) is 22.7 Å². The van der Waals surface area contributed by atoms with Crippen LogP contribution in [-0.2, 0) is 6.54 Å². The number of rotatable bonds is 5. The lowest BCUT2D eigenvalue weighted by molar-refractivity contribution is 0.0952. The molecule has 0 aliphatic heterocycles. The summed E-state index contributed by atoms with van der Waals surface area (Å²) in [6, 6.07) is 5.19. The maximum Gasteiger partial charge on any atom is 0.253 e. The van der Waals surface area contributed by atoms with Gasteiger partial charge in [0, 0.05) is 25.1 Å². The van der Waals surface area contributed by atoms with Crippen molar-refractivity contribution in [3.8, 4) is 0 Å². The second-order valence-electron chi connectivity index (χ2n) is 6.21. The molecule has 132 valence electrons. The molecule has 1 aliphatic carbocycles. The van der Waals surface area contributed by atoms with Gasteiger partial charge in [0.2, 0.25) is 0 Å². The fraction of sp³-hybridized carbons (Fsp3) is 0.389. The van der Waals surface area contributed by atoms with E-state index in [1.165, 1.54) is 35.9 Å². The number of halogens is 2. The molecule has 1 aromatic carbocycles. The van der Waals surface area contributed by atoms with Crippen LogP contribution in [0.1, 0.15) is 47.7 Å². The van der Waals surface area contributed by atoms with Crippen LogP contribution in [0.5, 0.6) is 0 Å². The summed E-state index contributed by atoms with van der Waals surface area (Å²) >= 11 is 5.86. The second kappa shape index (κ2) is 7.78. The van der Waals surface area contributed by atoms with Crippen molar-refractivity contribution < 1.29 is 9.18 Å². The standard InChI is InChI=1S/C18H19ClFN3O2/c19-15-9-13(20)5-6-14(15)18(25)21-7-8-23-11-22-16(10-17(23)24)12-3-1-2-4-12/h5-6,9-12H,1-4,7-8H2,(H,21,25). The van der Waals surface area contributed by atoms with Gasteiger partial charge in [0.1, 0.15) is 5.82 Å². The third-order valence-electron chi connectivity index (χ3n) is 4.49. The van der Waals surface area contributed by atoms with Crippen molar-refractivity contribution >= 4 is 17.5 Å². The molecule has 5 nitrogen and oxygen atoms in total. The number of hydrogen-bond donors (Lipinski definition) is 1. The zero-order valence-electron chi connectivity index (χ0n) is 13.7. The van der Waals surface area contributed by atoms with Gasteiger partial charge in [0.15, 0.2) is 0 Å². The minimum atomic E-state index is -0.499. The van der Waals surface area contributed by atoms with E-state index < -0.39 is 11.7 Å². The highest BCUT2D eigenvalue weighted by atomic mass is 35.5. The Morgan fingerprint density at radius 1 is 1.32 bits per heavy atom. The molecule has 25 heavy (non-hydrogen) atoms. The van der Waals surface area contributed by atoms with Crippen LogP contribution in [0.25, 0.3) is 0 Å². The molecule has 1 amide bonds. The van der Waals surface area contributed by atoms with Crippen molar-refractivity contribution in [1.82, 2.24) is 14.9 Å².